The van der Waals surface area contributed by atoms with Crippen LogP contribution in [0.1, 0.15) is 31.7 Å². The predicted molar refractivity (Wildman–Crippen MR) is 97.2 cm³/mol. The van der Waals surface area contributed by atoms with E-state index in [2.05, 4.69) is 17.1 Å². The Morgan fingerprint density at radius 3 is 2.44 bits per heavy atom. The minimum atomic E-state index is 0.0696. The average Bonchev–Trinajstić information content (AvgIpc) is 3.16. The summed E-state index contributed by atoms with van der Waals surface area (Å²) in [6.45, 7) is 6.79. The van der Waals surface area contributed by atoms with Gasteiger partial charge in [0.2, 0.25) is 11.8 Å². The van der Waals surface area contributed by atoms with E-state index in [1.54, 1.807) is 6.08 Å². The van der Waals surface area contributed by atoms with Gasteiger partial charge in [-0.1, -0.05) is 49.3 Å². The molecule has 0 radical (unpaired) electrons. The van der Waals surface area contributed by atoms with Crippen LogP contribution >= 0.6 is 0 Å². The van der Waals surface area contributed by atoms with E-state index in [0.717, 1.165) is 24.0 Å². The Balaban J connectivity index is 1.62. The van der Waals surface area contributed by atoms with Gasteiger partial charge < -0.3 is 14.2 Å². The Bertz CT molecular complexity index is 731. The first-order valence-corrected chi connectivity index (χ1v) is 8.83. The maximum atomic E-state index is 12.6. The van der Waals surface area contributed by atoms with Crippen molar-refractivity contribution in [1.29, 1.82) is 0 Å². The minimum absolute atomic E-state index is 0.0696. The smallest absolute Gasteiger partial charge is 0.318 e. The molecular formula is C19H24N4O2. The molecule has 0 bridgehead atoms. The molecule has 0 unspecified atom stereocenters. The summed E-state index contributed by atoms with van der Waals surface area (Å²) in [5, 5.41) is 8.08. The quantitative estimate of drug-likeness (QED) is 0.783. The van der Waals surface area contributed by atoms with Crippen LogP contribution in [0.15, 0.2) is 40.8 Å². The van der Waals surface area contributed by atoms with Crippen molar-refractivity contribution in [3.63, 3.8) is 0 Å². The van der Waals surface area contributed by atoms with E-state index < -0.39 is 0 Å². The first-order chi connectivity index (χ1) is 12.2. The van der Waals surface area contributed by atoms with E-state index in [1.165, 1.54) is 0 Å². The van der Waals surface area contributed by atoms with Gasteiger partial charge in [-0.15, -0.1) is 5.10 Å². The lowest BCUT2D eigenvalue weighted by molar-refractivity contribution is -0.126. The van der Waals surface area contributed by atoms with Crippen LogP contribution in [0.25, 0.3) is 5.57 Å². The number of piperazine rings is 1. The van der Waals surface area contributed by atoms with Gasteiger partial charge in [0.1, 0.15) is 0 Å². The lowest BCUT2D eigenvalue weighted by Crippen LogP contribution is -2.48. The fourth-order valence-corrected chi connectivity index (χ4v) is 2.92. The number of amides is 1. The zero-order chi connectivity index (χ0) is 17.6. The molecule has 3 rings (SSSR count). The van der Waals surface area contributed by atoms with Crippen molar-refractivity contribution in [2.45, 2.75) is 26.7 Å². The Morgan fingerprint density at radius 1 is 1.12 bits per heavy atom. The van der Waals surface area contributed by atoms with Gasteiger partial charge in [-0.3, -0.25) is 4.79 Å². The topological polar surface area (TPSA) is 62.5 Å². The molecule has 1 aliphatic rings. The average molecular weight is 340 g/mol. The summed E-state index contributed by atoms with van der Waals surface area (Å²) in [5.41, 5.74) is 2.17. The van der Waals surface area contributed by atoms with Crippen molar-refractivity contribution in [3.8, 4) is 0 Å². The van der Waals surface area contributed by atoms with Crippen LogP contribution in [0, 0.1) is 0 Å². The maximum absolute atomic E-state index is 12.6. The largest absolute Gasteiger partial charge is 0.408 e. The second-order valence-electron chi connectivity index (χ2n) is 6.03. The summed E-state index contributed by atoms with van der Waals surface area (Å²) < 4.78 is 5.60. The van der Waals surface area contributed by atoms with Crippen LogP contribution < -0.4 is 4.90 Å². The van der Waals surface area contributed by atoms with Crippen molar-refractivity contribution in [2.75, 3.05) is 31.1 Å². The molecule has 0 spiro atoms. The second-order valence-corrected chi connectivity index (χ2v) is 6.03. The summed E-state index contributed by atoms with van der Waals surface area (Å²) >= 11 is 0. The molecule has 0 aliphatic carbocycles. The molecule has 1 aliphatic heterocycles. The van der Waals surface area contributed by atoms with E-state index in [4.69, 9.17) is 4.42 Å². The number of aryl methyl sites for hydroxylation is 1. The highest BCUT2D eigenvalue weighted by atomic mass is 16.4. The second kappa shape index (κ2) is 7.96. The van der Waals surface area contributed by atoms with Gasteiger partial charge in [-0.05, 0) is 17.6 Å². The summed E-state index contributed by atoms with van der Waals surface area (Å²) in [5.74, 6) is 0.715. The monoisotopic (exact) mass is 340 g/mol. The first-order valence-electron chi connectivity index (χ1n) is 8.83. The van der Waals surface area contributed by atoms with Crippen LogP contribution in [-0.4, -0.2) is 47.2 Å². The van der Waals surface area contributed by atoms with Crippen molar-refractivity contribution in [2.24, 2.45) is 0 Å². The van der Waals surface area contributed by atoms with Crippen molar-refractivity contribution < 1.29 is 9.21 Å². The molecule has 6 nitrogen and oxygen atoms in total. The lowest BCUT2D eigenvalue weighted by Gasteiger charge is -2.33. The molecular weight excluding hydrogens is 316 g/mol. The highest BCUT2D eigenvalue weighted by molar-refractivity contribution is 5.95. The summed E-state index contributed by atoms with van der Waals surface area (Å²) in [6, 6.07) is 10.6. The molecule has 1 saturated heterocycles. The summed E-state index contributed by atoms with van der Waals surface area (Å²) in [7, 11) is 0. The summed E-state index contributed by atoms with van der Waals surface area (Å²) in [6.07, 6.45) is 3.33. The molecule has 2 aromatic rings. The molecule has 2 heterocycles. The maximum Gasteiger partial charge on any atom is 0.318 e. The number of nitrogens with zero attached hydrogens (tertiary/aromatic N) is 4. The Kier molecular flexibility index (Phi) is 5.48. The number of carbonyl (C=O) groups excluding carboxylic acids is 1. The van der Waals surface area contributed by atoms with E-state index >= 15 is 0 Å². The van der Waals surface area contributed by atoms with Crippen molar-refractivity contribution >= 4 is 17.5 Å². The van der Waals surface area contributed by atoms with Crippen LogP contribution in [0.2, 0.25) is 0 Å². The van der Waals surface area contributed by atoms with Gasteiger partial charge >= 0.3 is 6.01 Å². The standard InChI is InChI=1S/C19H24N4O2/c1-3-15(16-8-6-5-7-9-16)14-18(24)22-10-12-23(13-11-22)19-21-20-17(4-2)25-19/h5-9,14H,3-4,10-13H2,1-2H3/b15-14+. The van der Waals surface area contributed by atoms with E-state index in [-0.39, 0.29) is 5.91 Å². The van der Waals surface area contributed by atoms with E-state index in [0.29, 0.717) is 38.1 Å². The fraction of sp³-hybridized carbons (Fsp3) is 0.421. The van der Waals surface area contributed by atoms with Crippen LogP contribution in [-0.2, 0) is 11.2 Å². The molecule has 0 saturated carbocycles. The van der Waals surface area contributed by atoms with Crippen LogP contribution in [0.3, 0.4) is 0 Å². The predicted octanol–water partition coefficient (Wildman–Crippen LogP) is 2.77. The normalized spacial score (nSPS) is 15.5. The number of carbonyl (C=O) groups is 1. The Labute approximate surface area is 148 Å². The van der Waals surface area contributed by atoms with Gasteiger partial charge in [0.05, 0.1) is 0 Å². The number of anilines is 1. The number of hydrogen-bond acceptors (Lipinski definition) is 5. The molecule has 132 valence electrons. The zero-order valence-electron chi connectivity index (χ0n) is 14.8. The summed E-state index contributed by atoms with van der Waals surface area (Å²) in [4.78, 5) is 16.5. The Hall–Kier alpha value is -2.63. The molecule has 1 aromatic carbocycles. The number of benzene rings is 1. The number of hydrogen-bond donors (Lipinski definition) is 0. The Morgan fingerprint density at radius 2 is 1.84 bits per heavy atom. The van der Waals surface area contributed by atoms with Crippen molar-refractivity contribution in [1.82, 2.24) is 15.1 Å². The molecule has 1 fully saturated rings. The highest BCUT2D eigenvalue weighted by Crippen LogP contribution is 2.19. The third kappa shape index (κ3) is 4.07. The zero-order valence-corrected chi connectivity index (χ0v) is 14.8. The van der Waals surface area contributed by atoms with Gasteiger partial charge in [0.15, 0.2) is 0 Å². The number of aromatic nitrogens is 2. The molecule has 25 heavy (non-hydrogen) atoms. The third-order valence-electron chi connectivity index (χ3n) is 4.44. The van der Waals surface area contributed by atoms with Gasteiger partial charge in [0.25, 0.3) is 0 Å². The number of allylic oxidation sites excluding steroid dienone is 1. The fourth-order valence-electron chi connectivity index (χ4n) is 2.92. The molecule has 1 amide bonds. The number of rotatable bonds is 5. The lowest BCUT2D eigenvalue weighted by atomic mass is 10.0. The third-order valence-corrected chi connectivity index (χ3v) is 4.44. The van der Waals surface area contributed by atoms with Gasteiger partial charge in [-0.2, -0.15) is 0 Å². The van der Waals surface area contributed by atoms with Gasteiger partial charge in [-0.25, -0.2) is 0 Å². The minimum Gasteiger partial charge on any atom is -0.408 e. The molecule has 0 N–H and O–H groups in total. The first kappa shape index (κ1) is 17.2. The van der Waals surface area contributed by atoms with Crippen molar-refractivity contribution in [3.05, 3.63) is 47.9 Å². The molecule has 6 heteroatoms. The van der Waals surface area contributed by atoms with E-state index in [9.17, 15) is 4.79 Å². The molecule has 0 atom stereocenters. The highest BCUT2D eigenvalue weighted by Gasteiger charge is 2.23. The SMILES string of the molecule is CC/C(=C\C(=O)N1CCN(c2nnc(CC)o2)CC1)c1ccccc1. The van der Waals surface area contributed by atoms with E-state index in [1.807, 2.05) is 47.1 Å². The van der Waals surface area contributed by atoms with Gasteiger partial charge in [0, 0.05) is 38.7 Å². The van der Waals surface area contributed by atoms with Crippen LogP contribution in [0.4, 0.5) is 6.01 Å². The molecule has 1 aromatic heterocycles. The van der Waals surface area contributed by atoms with Crippen LogP contribution in [0.5, 0.6) is 0 Å².